The van der Waals surface area contributed by atoms with Crippen LogP contribution in [0.2, 0.25) is 0 Å². The van der Waals surface area contributed by atoms with Crippen molar-refractivity contribution >= 4 is 0 Å². The molecule has 2 aromatic rings. The lowest BCUT2D eigenvalue weighted by atomic mass is 9.98. The van der Waals surface area contributed by atoms with Gasteiger partial charge in [0.25, 0.3) is 0 Å². The molecule has 0 spiro atoms. The van der Waals surface area contributed by atoms with Crippen molar-refractivity contribution in [3.63, 3.8) is 0 Å². The topological polar surface area (TPSA) is 71.6 Å². The number of aliphatic hydroxyl groups excluding tert-OH is 1. The highest BCUT2D eigenvalue weighted by Gasteiger charge is 2.19. The number of rotatable bonds is 6. The minimum atomic E-state index is 0.291. The Bertz CT molecular complexity index is 612. The molecule has 1 unspecified atom stereocenters. The Morgan fingerprint density at radius 3 is 2.87 bits per heavy atom. The van der Waals surface area contributed by atoms with Crippen LogP contribution in [0.1, 0.15) is 30.1 Å². The molecule has 0 radical (unpaired) electrons. The molecule has 1 aliphatic rings. The van der Waals surface area contributed by atoms with Gasteiger partial charge in [0.05, 0.1) is 0 Å². The van der Waals surface area contributed by atoms with Crippen LogP contribution in [0.5, 0.6) is 5.75 Å². The largest absolute Gasteiger partial charge is 0.485 e. The fourth-order valence-corrected chi connectivity index (χ4v) is 2.94. The van der Waals surface area contributed by atoms with E-state index in [1.165, 1.54) is 5.56 Å². The predicted molar refractivity (Wildman–Crippen MR) is 84.9 cm³/mol. The first kappa shape index (κ1) is 16.0. The van der Waals surface area contributed by atoms with Crippen LogP contribution >= 0.6 is 0 Å². The molecule has 2 heterocycles. The number of aryl methyl sites for hydroxylation is 1. The molecule has 0 bridgehead atoms. The van der Waals surface area contributed by atoms with Gasteiger partial charge in [0.15, 0.2) is 6.61 Å². The number of likely N-dealkylation sites (tertiary alicyclic amines) is 1. The first-order chi connectivity index (χ1) is 11.2. The molecule has 1 atom stereocenters. The van der Waals surface area contributed by atoms with E-state index in [-0.39, 0.29) is 0 Å². The molecule has 1 aliphatic heterocycles. The van der Waals surface area contributed by atoms with Crippen LogP contribution in [0, 0.1) is 12.8 Å². The van der Waals surface area contributed by atoms with E-state index in [1.807, 2.05) is 12.1 Å². The lowest BCUT2D eigenvalue weighted by molar-refractivity contribution is 0.116. The second-order valence-electron chi connectivity index (χ2n) is 6.09. The van der Waals surface area contributed by atoms with Crippen LogP contribution in [0.3, 0.4) is 0 Å². The average Bonchev–Trinajstić information content (AvgIpc) is 3.00. The Labute approximate surface area is 136 Å². The van der Waals surface area contributed by atoms with Gasteiger partial charge in [-0.3, -0.25) is 4.90 Å². The number of aromatic nitrogens is 2. The van der Waals surface area contributed by atoms with Crippen molar-refractivity contribution in [2.75, 3.05) is 19.7 Å². The van der Waals surface area contributed by atoms with Crippen molar-refractivity contribution in [1.29, 1.82) is 0 Å². The summed E-state index contributed by atoms with van der Waals surface area (Å²) < 4.78 is 10.6. The summed E-state index contributed by atoms with van der Waals surface area (Å²) in [4.78, 5) is 6.51. The summed E-state index contributed by atoms with van der Waals surface area (Å²) in [5.74, 6) is 2.31. The van der Waals surface area contributed by atoms with Crippen LogP contribution in [0.15, 0.2) is 28.8 Å². The average molecular weight is 317 g/mol. The van der Waals surface area contributed by atoms with Gasteiger partial charge in [0.1, 0.15) is 5.75 Å². The van der Waals surface area contributed by atoms with Crippen molar-refractivity contribution in [3.8, 4) is 5.75 Å². The van der Waals surface area contributed by atoms with Gasteiger partial charge >= 0.3 is 0 Å². The zero-order valence-electron chi connectivity index (χ0n) is 13.4. The van der Waals surface area contributed by atoms with Crippen LogP contribution < -0.4 is 4.74 Å². The number of ether oxygens (including phenoxy) is 1. The molecule has 3 rings (SSSR count). The highest BCUT2D eigenvalue weighted by atomic mass is 16.5. The van der Waals surface area contributed by atoms with Crippen molar-refractivity contribution in [1.82, 2.24) is 15.0 Å². The number of piperidine rings is 1. The summed E-state index contributed by atoms with van der Waals surface area (Å²) >= 11 is 0. The van der Waals surface area contributed by atoms with Gasteiger partial charge < -0.3 is 14.4 Å². The van der Waals surface area contributed by atoms with Gasteiger partial charge in [0.2, 0.25) is 11.7 Å². The summed E-state index contributed by atoms with van der Waals surface area (Å²) in [7, 11) is 0. The second-order valence-corrected chi connectivity index (χ2v) is 6.09. The van der Waals surface area contributed by atoms with E-state index in [2.05, 4.69) is 27.2 Å². The number of hydrogen-bond acceptors (Lipinski definition) is 6. The highest BCUT2D eigenvalue weighted by Crippen LogP contribution is 2.19. The molecule has 124 valence electrons. The minimum Gasteiger partial charge on any atom is -0.485 e. The molecule has 1 N–H and O–H groups in total. The molecule has 23 heavy (non-hydrogen) atoms. The van der Waals surface area contributed by atoms with Crippen molar-refractivity contribution < 1.29 is 14.4 Å². The number of hydrogen-bond donors (Lipinski definition) is 1. The van der Waals surface area contributed by atoms with Crippen LogP contribution in [0.4, 0.5) is 0 Å². The summed E-state index contributed by atoms with van der Waals surface area (Å²) in [5, 5.41) is 13.1. The summed E-state index contributed by atoms with van der Waals surface area (Å²) in [6.07, 6.45) is 2.30. The van der Waals surface area contributed by atoms with Crippen molar-refractivity contribution in [2.24, 2.45) is 5.92 Å². The first-order valence-electron chi connectivity index (χ1n) is 8.07. The molecule has 6 nitrogen and oxygen atoms in total. The van der Waals surface area contributed by atoms with E-state index in [1.54, 1.807) is 6.92 Å². The Morgan fingerprint density at radius 2 is 2.17 bits per heavy atom. The molecule has 1 saturated heterocycles. The number of aliphatic hydroxyl groups is 1. The number of benzene rings is 1. The Hall–Kier alpha value is -1.92. The van der Waals surface area contributed by atoms with Crippen molar-refractivity contribution in [2.45, 2.75) is 32.9 Å². The molecule has 0 aliphatic carbocycles. The molecular weight excluding hydrogens is 294 g/mol. The van der Waals surface area contributed by atoms with Gasteiger partial charge in [-0.15, -0.1) is 0 Å². The zero-order valence-corrected chi connectivity index (χ0v) is 13.4. The van der Waals surface area contributed by atoms with Gasteiger partial charge in [0, 0.05) is 26.6 Å². The third-order valence-corrected chi connectivity index (χ3v) is 4.13. The van der Waals surface area contributed by atoms with E-state index in [0.717, 1.165) is 38.2 Å². The lowest BCUT2D eigenvalue weighted by Crippen LogP contribution is -2.36. The standard InChI is InChI=1S/C17H23N3O3/c1-13-18-17(19-23-13)12-22-16-6-4-14(5-7-16)9-20-8-2-3-15(10-20)11-21/h4-7,15,21H,2-3,8-12H2,1H3. The second kappa shape index (κ2) is 7.57. The predicted octanol–water partition coefficient (Wildman–Crippen LogP) is 2.16. The highest BCUT2D eigenvalue weighted by molar-refractivity contribution is 5.27. The summed E-state index contributed by atoms with van der Waals surface area (Å²) in [6.45, 7) is 5.35. The number of nitrogens with zero attached hydrogens (tertiary/aromatic N) is 3. The SMILES string of the molecule is Cc1nc(COc2ccc(CN3CCCC(CO)C3)cc2)no1. The van der Waals surface area contributed by atoms with Gasteiger partial charge in [-0.25, -0.2) is 0 Å². The van der Waals surface area contributed by atoms with Gasteiger partial charge in [-0.2, -0.15) is 4.98 Å². The van der Waals surface area contributed by atoms with Crippen LogP contribution in [0.25, 0.3) is 0 Å². The third kappa shape index (κ3) is 4.53. The van der Waals surface area contributed by atoms with Crippen LogP contribution in [-0.4, -0.2) is 39.8 Å². The Kier molecular flexibility index (Phi) is 5.25. The van der Waals surface area contributed by atoms with E-state index in [0.29, 0.717) is 30.8 Å². The zero-order chi connectivity index (χ0) is 16.1. The molecule has 1 aromatic carbocycles. The lowest BCUT2D eigenvalue weighted by Gasteiger charge is -2.31. The maximum atomic E-state index is 9.31. The fraction of sp³-hybridized carbons (Fsp3) is 0.529. The normalized spacial score (nSPS) is 19.0. The van der Waals surface area contributed by atoms with Gasteiger partial charge in [-0.1, -0.05) is 17.3 Å². The smallest absolute Gasteiger partial charge is 0.223 e. The van der Waals surface area contributed by atoms with Crippen molar-refractivity contribution in [3.05, 3.63) is 41.5 Å². The quantitative estimate of drug-likeness (QED) is 0.880. The van der Waals surface area contributed by atoms with E-state index in [4.69, 9.17) is 9.26 Å². The maximum Gasteiger partial charge on any atom is 0.223 e. The molecule has 1 fully saturated rings. The minimum absolute atomic E-state index is 0.291. The first-order valence-corrected chi connectivity index (χ1v) is 8.07. The summed E-state index contributed by atoms with van der Waals surface area (Å²) in [6, 6.07) is 8.10. The van der Waals surface area contributed by atoms with E-state index < -0.39 is 0 Å². The Morgan fingerprint density at radius 1 is 1.35 bits per heavy atom. The maximum absolute atomic E-state index is 9.31. The van der Waals surface area contributed by atoms with Gasteiger partial charge in [-0.05, 0) is 43.0 Å². The molecular formula is C17H23N3O3. The van der Waals surface area contributed by atoms with E-state index >= 15 is 0 Å². The molecule has 6 heteroatoms. The molecule has 0 amide bonds. The summed E-state index contributed by atoms with van der Waals surface area (Å²) in [5.41, 5.74) is 1.26. The molecule has 1 aromatic heterocycles. The Balaban J connectivity index is 1.50. The fourth-order valence-electron chi connectivity index (χ4n) is 2.94. The van der Waals surface area contributed by atoms with Crippen LogP contribution in [-0.2, 0) is 13.2 Å². The third-order valence-electron chi connectivity index (χ3n) is 4.13. The monoisotopic (exact) mass is 317 g/mol. The van der Waals surface area contributed by atoms with E-state index in [9.17, 15) is 5.11 Å². The molecule has 0 saturated carbocycles.